The number of amides is 1. The van der Waals surface area contributed by atoms with Gasteiger partial charge in [-0.2, -0.15) is 0 Å². The third kappa shape index (κ3) is 4.16. The van der Waals surface area contributed by atoms with Crippen LogP contribution in [0.15, 0.2) is 12.7 Å². The second-order valence-electron chi connectivity index (χ2n) is 4.12. The topological polar surface area (TPSA) is 86.9 Å². The van der Waals surface area contributed by atoms with Gasteiger partial charge in [-0.05, 0) is 0 Å². The normalized spacial score (nSPS) is 18.8. The monoisotopic (exact) mass is 241 g/mol. The molecule has 0 bridgehead atoms. The predicted octanol–water partition coefficient (Wildman–Crippen LogP) is -0.881. The number of nitrogens with zero attached hydrogens (tertiary/aromatic N) is 2. The minimum absolute atomic E-state index is 0.273. The molecule has 17 heavy (non-hydrogen) atoms. The van der Waals surface area contributed by atoms with E-state index in [-0.39, 0.29) is 12.3 Å². The Morgan fingerprint density at radius 2 is 1.94 bits per heavy atom. The highest BCUT2D eigenvalue weighted by Crippen LogP contribution is 2.04. The van der Waals surface area contributed by atoms with Gasteiger partial charge in [0.15, 0.2) is 0 Å². The minimum Gasteiger partial charge on any atom is -0.481 e. The van der Waals surface area contributed by atoms with Gasteiger partial charge in [-0.1, -0.05) is 6.08 Å². The van der Waals surface area contributed by atoms with Crippen molar-refractivity contribution in [2.45, 2.75) is 12.5 Å². The number of carboxylic acid groups (broad SMARTS) is 1. The third-order valence-electron chi connectivity index (χ3n) is 2.78. The van der Waals surface area contributed by atoms with Gasteiger partial charge in [-0.3, -0.25) is 14.5 Å². The molecule has 1 aliphatic rings. The molecule has 1 amide bonds. The smallest absolute Gasteiger partial charge is 0.305 e. The number of hydrogen-bond donors (Lipinski definition) is 2. The van der Waals surface area contributed by atoms with Gasteiger partial charge in [0.1, 0.15) is 0 Å². The zero-order valence-electron chi connectivity index (χ0n) is 9.84. The van der Waals surface area contributed by atoms with Gasteiger partial charge in [0.25, 0.3) is 0 Å². The van der Waals surface area contributed by atoms with Crippen LogP contribution < -0.4 is 5.73 Å². The summed E-state index contributed by atoms with van der Waals surface area (Å²) in [5.41, 5.74) is 5.54. The molecule has 0 aromatic rings. The molecule has 1 unspecified atom stereocenters. The quantitative estimate of drug-likeness (QED) is 0.610. The fraction of sp³-hybridized carbons (Fsp3) is 0.636. The van der Waals surface area contributed by atoms with Crippen molar-refractivity contribution in [3.8, 4) is 0 Å². The highest BCUT2D eigenvalue weighted by molar-refractivity contribution is 5.86. The molecular weight excluding hydrogens is 222 g/mol. The molecule has 0 spiro atoms. The summed E-state index contributed by atoms with van der Waals surface area (Å²) in [6.07, 6.45) is 1.51. The number of carbonyl (C=O) groups excluding carboxylic acids is 1. The maximum absolute atomic E-state index is 11.8. The number of nitrogens with two attached hydrogens (primary N) is 1. The Bertz CT molecular complexity index is 298. The van der Waals surface area contributed by atoms with Crippen LogP contribution in [-0.2, 0) is 9.59 Å². The van der Waals surface area contributed by atoms with Crippen molar-refractivity contribution in [2.24, 2.45) is 5.73 Å². The first-order valence-electron chi connectivity index (χ1n) is 5.64. The van der Waals surface area contributed by atoms with E-state index in [1.54, 1.807) is 4.90 Å². The molecule has 0 saturated carbocycles. The Hall–Kier alpha value is -1.40. The molecule has 3 N–H and O–H groups in total. The largest absolute Gasteiger partial charge is 0.481 e. The predicted molar refractivity (Wildman–Crippen MR) is 63.4 cm³/mol. The van der Waals surface area contributed by atoms with Crippen LogP contribution in [0.5, 0.6) is 0 Å². The lowest BCUT2D eigenvalue weighted by Crippen LogP contribution is -2.53. The van der Waals surface area contributed by atoms with Crippen molar-refractivity contribution >= 4 is 11.9 Å². The van der Waals surface area contributed by atoms with Crippen LogP contribution in [-0.4, -0.2) is 65.5 Å². The zero-order chi connectivity index (χ0) is 12.8. The summed E-state index contributed by atoms with van der Waals surface area (Å²) in [5, 5.41) is 8.57. The molecule has 0 aromatic heterocycles. The van der Waals surface area contributed by atoms with Crippen molar-refractivity contribution in [2.75, 3.05) is 32.7 Å². The van der Waals surface area contributed by atoms with E-state index in [1.807, 2.05) is 6.08 Å². The standard InChI is InChI=1S/C11H19N3O3/c1-2-3-13-4-6-14(7-5-13)11(17)9(12)8-10(15)16/h2,9H,1,3-8,12H2,(H,15,16). The van der Waals surface area contributed by atoms with E-state index in [4.69, 9.17) is 10.8 Å². The molecule has 1 saturated heterocycles. The number of carbonyl (C=O) groups is 2. The molecule has 96 valence electrons. The molecule has 0 aromatic carbocycles. The van der Waals surface area contributed by atoms with Crippen molar-refractivity contribution in [3.63, 3.8) is 0 Å². The number of aliphatic carboxylic acids is 1. The first kappa shape index (κ1) is 13.7. The lowest BCUT2D eigenvalue weighted by Gasteiger charge is -2.35. The van der Waals surface area contributed by atoms with Gasteiger partial charge in [-0.15, -0.1) is 6.58 Å². The van der Waals surface area contributed by atoms with Gasteiger partial charge in [0.2, 0.25) is 5.91 Å². The average molecular weight is 241 g/mol. The average Bonchev–Trinajstić information content (AvgIpc) is 2.28. The molecule has 0 radical (unpaired) electrons. The van der Waals surface area contributed by atoms with Gasteiger partial charge >= 0.3 is 5.97 Å². The maximum Gasteiger partial charge on any atom is 0.305 e. The second-order valence-corrected chi connectivity index (χ2v) is 4.12. The van der Waals surface area contributed by atoms with Crippen LogP contribution >= 0.6 is 0 Å². The van der Waals surface area contributed by atoms with E-state index in [2.05, 4.69) is 11.5 Å². The molecule has 6 nitrogen and oxygen atoms in total. The molecular formula is C11H19N3O3. The summed E-state index contributed by atoms with van der Waals surface area (Å²) in [6.45, 7) is 7.22. The van der Waals surface area contributed by atoms with Gasteiger partial charge in [0, 0.05) is 32.7 Å². The lowest BCUT2D eigenvalue weighted by atomic mass is 10.1. The molecule has 1 aliphatic heterocycles. The van der Waals surface area contributed by atoms with Crippen molar-refractivity contribution < 1.29 is 14.7 Å². The Labute approximate surface area is 101 Å². The second kappa shape index (κ2) is 6.36. The first-order chi connectivity index (χ1) is 8.04. The molecule has 1 atom stereocenters. The number of carboxylic acids is 1. The maximum atomic E-state index is 11.8. The van der Waals surface area contributed by atoms with Crippen LogP contribution in [0.3, 0.4) is 0 Å². The summed E-state index contributed by atoms with van der Waals surface area (Å²) >= 11 is 0. The third-order valence-corrected chi connectivity index (χ3v) is 2.78. The first-order valence-corrected chi connectivity index (χ1v) is 5.64. The molecule has 0 aliphatic carbocycles. The van der Waals surface area contributed by atoms with Gasteiger partial charge < -0.3 is 15.7 Å². The van der Waals surface area contributed by atoms with E-state index in [0.29, 0.717) is 13.1 Å². The number of piperazine rings is 1. The zero-order valence-corrected chi connectivity index (χ0v) is 9.84. The van der Waals surface area contributed by atoms with Crippen LogP contribution in [0.2, 0.25) is 0 Å². The van der Waals surface area contributed by atoms with Gasteiger partial charge in [0.05, 0.1) is 12.5 Å². The van der Waals surface area contributed by atoms with Crippen molar-refractivity contribution in [3.05, 3.63) is 12.7 Å². The molecule has 1 rings (SSSR count). The van der Waals surface area contributed by atoms with Gasteiger partial charge in [-0.25, -0.2) is 0 Å². The summed E-state index contributed by atoms with van der Waals surface area (Å²) in [7, 11) is 0. The Morgan fingerprint density at radius 3 is 2.41 bits per heavy atom. The van der Waals surface area contributed by atoms with E-state index in [9.17, 15) is 9.59 Å². The van der Waals surface area contributed by atoms with Crippen LogP contribution in [0.4, 0.5) is 0 Å². The van der Waals surface area contributed by atoms with Crippen LogP contribution in [0.1, 0.15) is 6.42 Å². The fourth-order valence-corrected chi connectivity index (χ4v) is 1.84. The minimum atomic E-state index is -1.05. The molecule has 6 heteroatoms. The summed E-state index contributed by atoms with van der Waals surface area (Å²) < 4.78 is 0. The Balaban J connectivity index is 2.40. The fourth-order valence-electron chi connectivity index (χ4n) is 1.84. The molecule has 1 fully saturated rings. The highest BCUT2D eigenvalue weighted by atomic mass is 16.4. The summed E-state index contributed by atoms with van der Waals surface area (Å²) in [4.78, 5) is 26.1. The van der Waals surface area contributed by atoms with Crippen molar-refractivity contribution in [1.29, 1.82) is 0 Å². The van der Waals surface area contributed by atoms with Crippen LogP contribution in [0, 0.1) is 0 Å². The van der Waals surface area contributed by atoms with Crippen LogP contribution in [0.25, 0.3) is 0 Å². The Kier molecular flexibility index (Phi) is 5.11. The lowest BCUT2D eigenvalue weighted by molar-refractivity contribution is -0.142. The van der Waals surface area contributed by atoms with E-state index < -0.39 is 12.0 Å². The van der Waals surface area contributed by atoms with Crippen molar-refractivity contribution in [1.82, 2.24) is 9.80 Å². The van der Waals surface area contributed by atoms with E-state index in [1.165, 1.54) is 0 Å². The summed E-state index contributed by atoms with van der Waals surface area (Å²) in [6, 6.07) is -0.932. The van der Waals surface area contributed by atoms with E-state index >= 15 is 0 Å². The summed E-state index contributed by atoms with van der Waals surface area (Å²) in [5.74, 6) is -1.32. The Morgan fingerprint density at radius 1 is 1.35 bits per heavy atom. The SMILES string of the molecule is C=CCN1CCN(C(=O)C(N)CC(=O)O)CC1. The number of rotatable bonds is 5. The van der Waals surface area contributed by atoms with E-state index in [0.717, 1.165) is 19.6 Å². The number of hydrogen-bond acceptors (Lipinski definition) is 4. The highest BCUT2D eigenvalue weighted by Gasteiger charge is 2.26. The molecule has 1 heterocycles.